The molecule has 0 amide bonds. The van der Waals surface area contributed by atoms with Crippen LogP contribution in [0, 0.1) is 0 Å². The number of hydrogen-bond donors (Lipinski definition) is 0. The molecule has 1 aliphatic rings. The van der Waals surface area contributed by atoms with Crippen LogP contribution in [0.15, 0.2) is 24.3 Å². The molecule has 22 heavy (non-hydrogen) atoms. The third-order valence-electron chi connectivity index (χ3n) is 3.69. The van der Waals surface area contributed by atoms with E-state index in [0.717, 1.165) is 24.2 Å². The van der Waals surface area contributed by atoms with E-state index in [0.29, 0.717) is 19.7 Å². The second kappa shape index (κ2) is 7.41. The van der Waals surface area contributed by atoms with E-state index in [9.17, 15) is 13.2 Å². The van der Waals surface area contributed by atoms with Crippen molar-refractivity contribution in [3.05, 3.63) is 35.4 Å². The molecule has 0 radical (unpaired) electrons. The van der Waals surface area contributed by atoms with Crippen molar-refractivity contribution in [3.8, 4) is 0 Å². The Labute approximate surface area is 127 Å². The maximum atomic E-state index is 12.6. The van der Waals surface area contributed by atoms with Crippen LogP contribution in [0.2, 0.25) is 0 Å². The molecule has 1 heterocycles. The highest BCUT2D eigenvalue weighted by Crippen LogP contribution is 2.31. The molecule has 0 aliphatic carbocycles. The number of methoxy groups -OCH3 is 2. The van der Waals surface area contributed by atoms with Crippen LogP contribution >= 0.6 is 0 Å². The number of ether oxygens (including phenoxy) is 3. The zero-order valence-corrected chi connectivity index (χ0v) is 12.6. The molecule has 1 aromatic rings. The number of morpholine rings is 1. The van der Waals surface area contributed by atoms with Crippen LogP contribution in [0.3, 0.4) is 0 Å². The van der Waals surface area contributed by atoms with Crippen LogP contribution in [0.4, 0.5) is 13.2 Å². The van der Waals surface area contributed by atoms with Gasteiger partial charge in [0.2, 0.25) is 0 Å². The van der Waals surface area contributed by atoms with Crippen molar-refractivity contribution < 1.29 is 27.4 Å². The van der Waals surface area contributed by atoms with Crippen LogP contribution in [-0.2, 0) is 20.4 Å². The first-order valence-electron chi connectivity index (χ1n) is 7.00. The van der Waals surface area contributed by atoms with Crippen molar-refractivity contribution in [3.63, 3.8) is 0 Å². The Morgan fingerprint density at radius 1 is 1.23 bits per heavy atom. The maximum absolute atomic E-state index is 12.6. The van der Waals surface area contributed by atoms with Crippen LogP contribution < -0.4 is 0 Å². The van der Waals surface area contributed by atoms with Crippen LogP contribution in [0.1, 0.15) is 17.2 Å². The van der Waals surface area contributed by atoms with Gasteiger partial charge < -0.3 is 14.2 Å². The highest BCUT2D eigenvalue weighted by Gasteiger charge is 2.31. The summed E-state index contributed by atoms with van der Waals surface area (Å²) in [5, 5.41) is 0. The normalized spacial score (nSPS) is 20.5. The van der Waals surface area contributed by atoms with Gasteiger partial charge in [0, 0.05) is 33.9 Å². The van der Waals surface area contributed by atoms with Crippen molar-refractivity contribution >= 4 is 0 Å². The predicted octanol–water partition coefficient (Wildman–Crippen LogP) is 2.70. The van der Waals surface area contributed by atoms with Gasteiger partial charge in [0.15, 0.2) is 6.29 Å². The number of rotatable bonds is 5. The maximum Gasteiger partial charge on any atom is 0.416 e. The van der Waals surface area contributed by atoms with Crippen molar-refractivity contribution in [2.75, 3.05) is 40.5 Å². The van der Waals surface area contributed by atoms with Gasteiger partial charge in [0.25, 0.3) is 0 Å². The van der Waals surface area contributed by atoms with Gasteiger partial charge in [-0.3, -0.25) is 4.90 Å². The van der Waals surface area contributed by atoms with E-state index < -0.39 is 11.7 Å². The van der Waals surface area contributed by atoms with Crippen molar-refractivity contribution in [2.45, 2.75) is 18.6 Å². The summed E-state index contributed by atoms with van der Waals surface area (Å²) in [5.74, 6) is 0. The SMILES string of the molecule is COC(CN1CCO[C@@H](c2ccc(C(F)(F)F)cc2)C1)OC. The second-order valence-electron chi connectivity index (χ2n) is 5.14. The minimum Gasteiger partial charge on any atom is -0.371 e. The van der Waals surface area contributed by atoms with E-state index in [4.69, 9.17) is 14.2 Å². The van der Waals surface area contributed by atoms with Crippen molar-refractivity contribution in [1.29, 1.82) is 0 Å². The third-order valence-corrected chi connectivity index (χ3v) is 3.69. The molecule has 2 rings (SSSR count). The lowest BCUT2D eigenvalue weighted by Crippen LogP contribution is -2.43. The lowest BCUT2D eigenvalue weighted by Gasteiger charge is -2.34. The summed E-state index contributed by atoms with van der Waals surface area (Å²) in [6, 6.07) is 5.12. The monoisotopic (exact) mass is 319 g/mol. The van der Waals surface area contributed by atoms with Gasteiger partial charge in [-0.15, -0.1) is 0 Å². The molecule has 0 bridgehead atoms. The number of alkyl halides is 3. The number of hydrogen-bond acceptors (Lipinski definition) is 4. The van der Waals surface area contributed by atoms with E-state index >= 15 is 0 Å². The smallest absolute Gasteiger partial charge is 0.371 e. The van der Waals surface area contributed by atoms with Gasteiger partial charge in [-0.2, -0.15) is 13.2 Å². The predicted molar refractivity (Wildman–Crippen MR) is 74.4 cm³/mol. The highest BCUT2D eigenvalue weighted by molar-refractivity contribution is 5.26. The van der Waals surface area contributed by atoms with Crippen molar-refractivity contribution in [2.24, 2.45) is 0 Å². The summed E-state index contributed by atoms with van der Waals surface area (Å²) >= 11 is 0. The zero-order valence-electron chi connectivity index (χ0n) is 12.6. The molecule has 4 nitrogen and oxygen atoms in total. The Bertz CT molecular complexity index is 460. The highest BCUT2D eigenvalue weighted by atomic mass is 19.4. The minimum atomic E-state index is -4.32. The lowest BCUT2D eigenvalue weighted by atomic mass is 10.1. The Kier molecular flexibility index (Phi) is 5.80. The van der Waals surface area contributed by atoms with Gasteiger partial charge in [-0.1, -0.05) is 12.1 Å². The first-order valence-corrected chi connectivity index (χ1v) is 7.00. The molecule has 1 aromatic carbocycles. The summed E-state index contributed by atoms with van der Waals surface area (Å²) < 4.78 is 53.7. The number of benzene rings is 1. The van der Waals surface area contributed by atoms with Crippen molar-refractivity contribution in [1.82, 2.24) is 4.90 Å². The summed E-state index contributed by atoms with van der Waals surface area (Å²) in [6.07, 6.45) is -4.89. The minimum absolute atomic E-state index is 0.245. The molecule has 1 fully saturated rings. The number of nitrogens with zero attached hydrogens (tertiary/aromatic N) is 1. The average molecular weight is 319 g/mol. The number of halogens is 3. The Hall–Kier alpha value is -1.15. The molecule has 0 spiro atoms. The molecule has 0 N–H and O–H groups in total. The quantitative estimate of drug-likeness (QED) is 0.781. The van der Waals surface area contributed by atoms with E-state index in [1.807, 2.05) is 0 Å². The summed E-state index contributed by atoms with van der Waals surface area (Å²) in [7, 11) is 3.14. The van der Waals surface area contributed by atoms with Gasteiger partial charge in [-0.25, -0.2) is 0 Å². The van der Waals surface area contributed by atoms with E-state index in [2.05, 4.69) is 4.90 Å². The third kappa shape index (κ3) is 4.42. The second-order valence-corrected chi connectivity index (χ2v) is 5.14. The standard InChI is InChI=1S/C15H20F3NO3/c1-20-14(21-2)10-19-7-8-22-13(9-19)11-3-5-12(6-4-11)15(16,17)18/h3-6,13-14H,7-10H2,1-2H3/t13-/m1/s1. The molecular weight excluding hydrogens is 299 g/mol. The molecule has 1 atom stereocenters. The Morgan fingerprint density at radius 2 is 1.86 bits per heavy atom. The first kappa shape index (κ1) is 17.2. The largest absolute Gasteiger partial charge is 0.416 e. The molecule has 7 heteroatoms. The first-order chi connectivity index (χ1) is 10.4. The average Bonchev–Trinajstić information content (AvgIpc) is 2.52. The summed E-state index contributed by atoms with van der Waals surface area (Å²) in [4.78, 5) is 2.11. The van der Waals surface area contributed by atoms with Gasteiger partial charge >= 0.3 is 6.18 Å². The molecule has 0 unspecified atom stereocenters. The zero-order chi connectivity index (χ0) is 16.2. The van der Waals surface area contributed by atoms with E-state index in [1.54, 1.807) is 14.2 Å². The molecule has 0 saturated carbocycles. The Morgan fingerprint density at radius 3 is 2.41 bits per heavy atom. The van der Waals surface area contributed by atoms with Crippen LogP contribution in [0.25, 0.3) is 0 Å². The van der Waals surface area contributed by atoms with Gasteiger partial charge in [-0.05, 0) is 17.7 Å². The molecular formula is C15H20F3NO3. The van der Waals surface area contributed by atoms with Crippen LogP contribution in [0.5, 0.6) is 0 Å². The van der Waals surface area contributed by atoms with E-state index in [-0.39, 0.29) is 12.4 Å². The van der Waals surface area contributed by atoms with Gasteiger partial charge in [0.1, 0.15) is 0 Å². The fourth-order valence-corrected chi connectivity index (χ4v) is 2.41. The molecule has 1 aliphatic heterocycles. The van der Waals surface area contributed by atoms with E-state index in [1.165, 1.54) is 12.1 Å². The van der Waals surface area contributed by atoms with Gasteiger partial charge in [0.05, 0.1) is 18.3 Å². The Balaban J connectivity index is 2.00. The summed E-state index contributed by atoms with van der Waals surface area (Å²) in [6.45, 7) is 2.44. The summed E-state index contributed by atoms with van der Waals surface area (Å²) in [5.41, 5.74) is 0.0897. The molecule has 0 aromatic heterocycles. The molecule has 1 saturated heterocycles. The fourth-order valence-electron chi connectivity index (χ4n) is 2.41. The molecule has 124 valence electrons. The topological polar surface area (TPSA) is 30.9 Å². The van der Waals surface area contributed by atoms with Crippen LogP contribution in [-0.4, -0.2) is 51.7 Å². The lowest BCUT2D eigenvalue weighted by molar-refractivity contribution is -0.137. The fraction of sp³-hybridized carbons (Fsp3) is 0.600.